The molecule has 4 rings (SSSR count). The number of hydrogen-bond donors (Lipinski definition) is 0. The zero-order valence-corrected chi connectivity index (χ0v) is 15.9. The Morgan fingerprint density at radius 1 is 1.35 bits per heavy atom. The molecule has 0 N–H and O–H groups in total. The van der Waals surface area contributed by atoms with E-state index in [1.807, 2.05) is 6.07 Å². The maximum Gasteiger partial charge on any atom is 0.269 e. The fourth-order valence-electron chi connectivity index (χ4n) is 2.89. The van der Waals surface area contributed by atoms with Crippen LogP contribution in [0.2, 0.25) is 0 Å². The molecule has 0 saturated heterocycles. The highest BCUT2D eigenvalue weighted by Crippen LogP contribution is 2.42. The number of rotatable bonds is 7. The summed E-state index contributed by atoms with van der Waals surface area (Å²) < 4.78 is 2.26. The summed E-state index contributed by atoms with van der Waals surface area (Å²) in [7, 11) is 0. The van der Waals surface area contributed by atoms with Gasteiger partial charge in [0, 0.05) is 34.7 Å². The number of thioether (sulfide) groups is 1. The lowest BCUT2D eigenvalue weighted by molar-refractivity contribution is -0.384. The van der Waals surface area contributed by atoms with E-state index in [0.717, 1.165) is 35.8 Å². The number of aromatic nitrogens is 3. The minimum absolute atomic E-state index is 0.0613. The van der Waals surface area contributed by atoms with Gasteiger partial charge in [0.1, 0.15) is 5.82 Å². The molecule has 1 aliphatic carbocycles. The Labute approximate surface area is 159 Å². The summed E-state index contributed by atoms with van der Waals surface area (Å²) in [6, 6.07) is 11.5. The molecule has 26 heavy (non-hydrogen) atoms. The SMILES string of the molecule is C[C@@H](Sc1nnc(Cc2cccs2)n1C1CC1)c1cccc([N+](=O)[O-])c1. The van der Waals surface area contributed by atoms with Crippen molar-refractivity contribution in [2.45, 2.75) is 42.6 Å². The summed E-state index contributed by atoms with van der Waals surface area (Å²) in [4.78, 5) is 11.9. The van der Waals surface area contributed by atoms with Crippen LogP contribution in [0.4, 0.5) is 5.69 Å². The van der Waals surface area contributed by atoms with Crippen molar-refractivity contribution >= 4 is 28.8 Å². The standard InChI is InChI=1S/C18H18N4O2S2/c1-12(13-4-2-5-15(10-13)22(23)24)26-18-20-19-17(21(18)14-7-8-14)11-16-6-3-9-25-16/h2-6,9-10,12,14H,7-8,11H2,1H3/t12-/m1/s1. The van der Waals surface area contributed by atoms with Crippen LogP contribution in [-0.4, -0.2) is 19.7 Å². The largest absolute Gasteiger partial charge is 0.303 e. The van der Waals surface area contributed by atoms with Crippen LogP contribution >= 0.6 is 23.1 Å². The number of thiophene rings is 1. The van der Waals surface area contributed by atoms with E-state index >= 15 is 0 Å². The molecule has 6 nitrogen and oxygen atoms in total. The fourth-order valence-corrected chi connectivity index (χ4v) is 4.65. The van der Waals surface area contributed by atoms with E-state index in [4.69, 9.17) is 0 Å². The van der Waals surface area contributed by atoms with Crippen LogP contribution in [0, 0.1) is 10.1 Å². The molecule has 8 heteroatoms. The maximum atomic E-state index is 11.0. The van der Waals surface area contributed by atoms with Gasteiger partial charge in [-0.25, -0.2) is 0 Å². The molecule has 0 bridgehead atoms. The van der Waals surface area contributed by atoms with Crippen LogP contribution < -0.4 is 0 Å². The van der Waals surface area contributed by atoms with Gasteiger partial charge in [0.15, 0.2) is 5.16 Å². The first kappa shape index (κ1) is 17.2. The Hall–Kier alpha value is -2.19. The van der Waals surface area contributed by atoms with Crippen molar-refractivity contribution < 1.29 is 4.92 Å². The Morgan fingerprint density at radius 3 is 2.88 bits per heavy atom. The maximum absolute atomic E-state index is 11.0. The van der Waals surface area contributed by atoms with Gasteiger partial charge in [-0.1, -0.05) is 30.0 Å². The van der Waals surface area contributed by atoms with E-state index in [1.165, 1.54) is 10.9 Å². The zero-order valence-electron chi connectivity index (χ0n) is 14.2. The number of benzene rings is 1. The van der Waals surface area contributed by atoms with Gasteiger partial charge in [0.2, 0.25) is 0 Å². The van der Waals surface area contributed by atoms with Crippen LogP contribution in [0.5, 0.6) is 0 Å². The molecule has 0 unspecified atom stereocenters. The van der Waals surface area contributed by atoms with Gasteiger partial charge in [-0.3, -0.25) is 10.1 Å². The van der Waals surface area contributed by atoms with Crippen molar-refractivity contribution in [3.8, 4) is 0 Å². The normalized spacial score (nSPS) is 15.1. The van der Waals surface area contributed by atoms with Crippen LogP contribution in [-0.2, 0) is 6.42 Å². The smallest absolute Gasteiger partial charge is 0.269 e. The number of hydrogen-bond acceptors (Lipinski definition) is 6. The van der Waals surface area contributed by atoms with Crippen molar-refractivity contribution in [1.29, 1.82) is 0 Å². The number of nitro benzene ring substituents is 1. The first-order valence-electron chi connectivity index (χ1n) is 8.49. The van der Waals surface area contributed by atoms with E-state index in [2.05, 4.69) is 39.2 Å². The Kier molecular flexibility index (Phi) is 4.78. The Bertz CT molecular complexity index is 919. The first-order chi connectivity index (χ1) is 12.6. The molecule has 1 atom stereocenters. The summed E-state index contributed by atoms with van der Waals surface area (Å²) in [5, 5.41) is 22.9. The first-order valence-corrected chi connectivity index (χ1v) is 10.2. The third-order valence-electron chi connectivity index (χ3n) is 4.39. The highest BCUT2D eigenvalue weighted by molar-refractivity contribution is 7.99. The molecule has 2 aromatic heterocycles. The molecular formula is C18H18N4O2S2. The van der Waals surface area contributed by atoms with E-state index in [-0.39, 0.29) is 15.9 Å². The topological polar surface area (TPSA) is 73.8 Å². The van der Waals surface area contributed by atoms with Gasteiger partial charge in [-0.2, -0.15) is 0 Å². The monoisotopic (exact) mass is 386 g/mol. The summed E-state index contributed by atoms with van der Waals surface area (Å²) >= 11 is 3.35. The second kappa shape index (κ2) is 7.20. The lowest BCUT2D eigenvalue weighted by Gasteiger charge is -2.13. The summed E-state index contributed by atoms with van der Waals surface area (Å²) in [6.07, 6.45) is 3.12. The van der Waals surface area contributed by atoms with E-state index < -0.39 is 0 Å². The van der Waals surface area contributed by atoms with Gasteiger partial charge < -0.3 is 4.57 Å². The van der Waals surface area contributed by atoms with Crippen molar-refractivity contribution in [3.63, 3.8) is 0 Å². The average molecular weight is 387 g/mol. The Morgan fingerprint density at radius 2 is 2.19 bits per heavy atom. The quantitative estimate of drug-likeness (QED) is 0.323. The molecular weight excluding hydrogens is 368 g/mol. The van der Waals surface area contributed by atoms with Crippen molar-refractivity contribution in [2.75, 3.05) is 0 Å². The summed E-state index contributed by atoms with van der Waals surface area (Å²) in [5.74, 6) is 1.00. The van der Waals surface area contributed by atoms with Gasteiger partial charge in [-0.15, -0.1) is 21.5 Å². The minimum atomic E-state index is -0.354. The molecule has 2 heterocycles. The molecule has 1 fully saturated rings. The van der Waals surface area contributed by atoms with E-state index in [9.17, 15) is 10.1 Å². The number of non-ortho nitro benzene ring substituents is 1. The number of nitrogens with zero attached hydrogens (tertiary/aromatic N) is 4. The lowest BCUT2D eigenvalue weighted by atomic mass is 10.1. The van der Waals surface area contributed by atoms with Crippen molar-refractivity contribution in [3.05, 3.63) is 68.2 Å². The predicted octanol–water partition coefficient (Wildman–Crippen LogP) is 5.03. The highest BCUT2D eigenvalue weighted by atomic mass is 32.2. The molecule has 0 radical (unpaired) electrons. The third-order valence-corrected chi connectivity index (χ3v) is 6.38. The second-order valence-electron chi connectivity index (χ2n) is 6.37. The molecule has 134 valence electrons. The van der Waals surface area contributed by atoms with Gasteiger partial charge >= 0.3 is 0 Å². The molecule has 0 spiro atoms. The molecule has 0 amide bonds. The van der Waals surface area contributed by atoms with Crippen molar-refractivity contribution in [2.24, 2.45) is 0 Å². The zero-order chi connectivity index (χ0) is 18.1. The van der Waals surface area contributed by atoms with E-state index in [0.29, 0.717) is 6.04 Å². The van der Waals surface area contributed by atoms with Crippen LogP contribution in [0.15, 0.2) is 46.9 Å². The molecule has 3 aromatic rings. The number of nitro groups is 1. The molecule has 1 aromatic carbocycles. The van der Waals surface area contributed by atoms with Crippen LogP contribution in [0.1, 0.15) is 47.3 Å². The highest BCUT2D eigenvalue weighted by Gasteiger charge is 2.30. The average Bonchev–Trinajstić information content (AvgIpc) is 3.20. The predicted molar refractivity (Wildman–Crippen MR) is 103 cm³/mol. The molecule has 1 aliphatic rings. The van der Waals surface area contributed by atoms with Crippen molar-refractivity contribution in [1.82, 2.24) is 14.8 Å². The second-order valence-corrected chi connectivity index (χ2v) is 8.71. The van der Waals surface area contributed by atoms with Crippen LogP contribution in [0.25, 0.3) is 0 Å². The van der Waals surface area contributed by atoms with Gasteiger partial charge in [0.25, 0.3) is 5.69 Å². The summed E-state index contributed by atoms with van der Waals surface area (Å²) in [5.41, 5.74) is 1.05. The van der Waals surface area contributed by atoms with Gasteiger partial charge in [-0.05, 0) is 36.8 Å². The van der Waals surface area contributed by atoms with E-state index in [1.54, 1.807) is 35.2 Å². The third kappa shape index (κ3) is 3.66. The lowest BCUT2D eigenvalue weighted by Crippen LogP contribution is -2.04. The fraction of sp³-hybridized carbons (Fsp3) is 0.333. The van der Waals surface area contributed by atoms with Gasteiger partial charge in [0.05, 0.1) is 4.92 Å². The molecule has 0 aliphatic heterocycles. The summed E-state index contributed by atoms with van der Waals surface area (Å²) in [6.45, 7) is 2.05. The Balaban J connectivity index is 1.57. The van der Waals surface area contributed by atoms with Crippen LogP contribution in [0.3, 0.4) is 0 Å². The molecule has 1 saturated carbocycles. The minimum Gasteiger partial charge on any atom is -0.303 e.